The molecule has 0 aliphatic carbocycles. The predicted molar refractivity (Wildman–Crippen MR) is 74.2 cm³/mol. The standard InChI is InChI=1S/C12H18N4OS/c1-8-9-7-10(18-12(9)16(3)15-8)11(17)14-6-4-5-13-2/h7,13H,4-6H2,1-3H3,(H,14,17). The maximum atomic E-state index is 11.9. The number of aromatic nitrogens is 2. The van der Waals surface area contributed by atoms with Gasteiger partial charge in [0.15, 0.2) is 0 Å². The number of nitrogens with zero attached hydrogens (tertiary/aromatic N) is 2. The second-order valence-corrected chi connectivity index (χ2v) is 5.28. The van der Waals surface area contributed by atoms with Gasteiger partial charge in [0, 0.05) is 19.0 Å². The smallest absolute Gasteiger partial charge is 0.261 e. The van der Waals surface area contributed by atoms with Crippen molar-refractivity contribution in [2.24, 2.45) is 7.05 Å². The molecule has 0 fully saturated rings. The van der Waals surface area contributed by atoms with Crippen molar-refractivity contribution in [3.05, 3.63) is 16.6 Å². The summed E-state index contributed by atoms with van der Waals surface area (Å²) in [5, 5.41) is 11.4. The van der Waals surface area contributed by atoms with Gasteiger partial charge in [-0.2, -0.15) is 5.10 Å². The number of amides is 1. The van der Waals surface area contributed by atoms with Crippen LogP contribution in [0.4, 0.5) is 0 Å². The molecule has 1 amide bonds. The number of carbonyl (C=O) groups is 1. The van der Waals surface area contributed by atoms with E-state index in [9.17, 15) is 4.79 Å². The van der Waals surface area contributed by atoms with Crippen molar-refractivity contribution in [1.29, 1.82) is 0 Å². The van der Waals surface area contributed by atoms with E-state index in [4.69, 9.17) is 0 Å². The molecule has 0 saturated carbocycles. The van der Waals surface area contributed by atoms with Gasteiger partial charge in [-0.15, -0.1) is 11.3 Å². The maximum Gasteiger partial charge on any atom is 0.261 e. The third-order valence-electron chi connectivity index (χ3n) is 2.81. The van der Waals surface area contributed by atoms with Crippen LogP contribution in [0.2, 0.25) is 0 Å². The van der Waals surface area contributed by atoms with Crippen molar-refractivity contribution in [2.75, 3.05) is 20.1 Å². The van der Waals surface area contributed by atoms with E-state index in [1.54, 1.807) is 0 Å². The molecule has 0 saturated heterocycles. The fourth-order valence-corrected chi connectivity index (χ4v) is 2.91. The Balaban J connectivity index is 2.06. The molecule has 2 rings (SSSR count). The number of hydrogen-bond acceptors (Lipinski definition) is 4. The van der Waals surface area contributed by atoms with Crippen molar-refractivity contribution in [1.82, 2.24) is 20.4 Å². The Hall–Kier alpha value is -1.40. The molecule has 0 atom stereocenters. The van der Waals surface area contributed by atoms with Gasteiger partial charge >= 0.3 is 0 Å². The highest BCUT2D eigenvalue weighted by atomic mass is 32.1. The Bertz CT molecular complexity index is 523. The number of hydrogen-bond donors (Lipinski definition) is 2. The van der Waals surface area contributed by atoms with E-state index in [1.807, 2.05) is 31.8 Å². The van der Waals surface area contributed by atoms with E-state index in [2.05, 4.69) is 15.7 Å². The number of fused-ring (bicyclic) bond motifs is 1. The van der Waals surface area contributed by atoms with Crippen LogP contribution in [-0.4, -0.2) is 35.8 Å². The van der Waals surface area contributed by atoms with Gasteiger partial charge in [-0.25, -0.2) is 0 Å². The third kappa shape index (κ3) is 2.54. The highest BCUT2D eigenvalue weighted by molar-refractivity contribution is 7.20. The van der Waals surface area contributed by atoms with Crippen LogP contribution < -0.4 is 10.6 Å². The number of thiophene rings is 1. The van der Waals surface area contributed by atoms with E-state index in [0.29, 0.717) is 6.54 Å². The van der Waals surface area contributed by atoms with Crippen LogP contribution in [0.5, 0.6) is 0 Å². The van der Waals surface area contributed by atoms with Gasteiger partial charge in [0.05, 0.1) is 10.6 Å². The molecule has 0 radical (unpaired) electrons. The fraction of sp³-hybridized carbons (Fsp3) is 0.500. The molecule has 98 valence electrons. The summed E-state index contributed by atoms with van der Waals surface area (Å²) in [7, 11) is 3.81. The lowest BCUT2D eigenvalue weighted by molar-refractivity contribution is 0.0957. The molecule has 5 nitrogen and oxygen atoms in total. The number of aryl methyl sites for hydroxylation is 2. The number of rotatable bonds is 5. The molecule has 0 unspecified atom stereocenters. The highest BCUT2D eigenvalue weighted by Crippen LogP contribution is 2.27. The van der Waals surface area contributed by atoms with Crippen LogP contribution in [0.15, 0.2) is 6.07 Å². The predicted octanol–water partition coefficient (Wildman–Crippen LogP) is 1.28. The van der Waals surface area contributed by atoms with Gasteiger partial charge in [-0.3, -0.25) is 9.48 Å². The number of carbonyl (C=O) groups excluding carboxylic acids is 1. The number of nitrogens with one attached hydrogen (secondary N) is 2. The zero-order valence-electron chi connectivity index (χ0n) is 10.9. The zero-order valence-corrected chi connectivity index (χ0v) is 11.7. The van der Waals surface area contributed by atoms with Crippen LogP contribution in [0.3, 0.4) is 0 Å². The second-order valence-electron chi connectivity index (χ2n) is 4.25. The van der Waals surface area contributed by atoms with Crippen LogP contribution in [0, 0.1) is 6.92 Å². The Morgan fingerprint density at radius 3 is 2.94 bits per heavy atom. The molecular formula is C12H18N4OS. The Morgan fingerprint density at radius 2 is 2.28 bits per heavy atom. The summed E-state index contributed by atoms with van der Waals surface area (Å²) in [5.41, 5.74) is 0.970. The highest BCUT2D eigenvalue weighted by Gasteiger charge is 2.14. The maximum absolute atomic E-state index is 11.9. The monoisotopic (exact) mass is 266 g/mol. The molecule has 0 aliphatic heterocycles. The van der Waals surface area contributed by atoms with E-state index < -0.39 is 0 Å². The summed E-state index contributed by atoms with van der Waals surface area (Å²) >= 11 is 1.49. The van der Waals surface area contributed by atoms with Crippen molar-refractivity contribution in [3.8, 4) is 0 Å². The SMILES string of the molecule is CNCCCNC(=O)c1cc2c(C)nn(C)c2s1. The summed E-state index contributed by atoms with van der Waals surface area (Å²) in [4.78, 5) is 13.8. The average Bonchev–Trinajstić information content (AvgIpc) is 2.88. The van der Waals surface area contributed by atoms with Crippen molar-refractivity contribution in [3.63, 3.8) is 0 Å². The first-order chi connectivity index (χ1) is 8.63. The van der Waals surface area contributed by atoms with Crippen LogP contribution in [-0.2, 0) is 7.05 Å². The molecule has 0 spiro atoms. The topological polar surface area (TPSA) is 58.9 Å². The lowest BCUT2D eigenvalue weighted by atomic mass is 10.3. The largest absolute Gasteiger partial charge is 0.351 e. The van der Waals surface area contributed by atoms with Gasteiger partial charge in [0.2, 0.25) is 0 Å². The molecule has 2 aromatic rings. The molecule has 18 heavy (non-hydrogen) atoms. The molecule has 2 N–H and O–H groups in total. The molecule has 0 aliphatic rings. The molecule has 2 heterocycles. The van der Waals surface area contributed by atoms with Crippen molar-refractivity contribution in [2.45, 2.75) is 13.3 Å². The van der Waals surface area contributed by atoms with Crippen molar-refractivity contribution >= 4 is 27.5 Å². The van der Waals surface area contributed by atoms with Crippen LogP contribution in [0.25, 0.3) is 10.2 Å². The van der Waals surface area contributed by atoms with Crippen LogP contribution >= 0.6 is 11.3 Å². The molecular weight excluding hydrogens is 248 g/mol. The minimum absolute atomic E-state index is 0.00621. The van der Waals surface area contributed by atoms with E-state index in [0.717, 1.165) is 33.8 Å². The summed E-state index contributed by atoms with van der Waals surface area (Å²) < 4.78 is 1.83. The molecule has 2 aromatic heterocycles. The minimum Gasteiger partial charge on any atom is -0.351 e. The van der Waals surface area contributed by atoms with E-state index in [-0.39, 0.29) is 5.91 Å². The van der Waals surface area contributed by atoms with Gasteiger partial charge in [-0.1, -0.05) is 0 Å². The Labute approximate surface area is 110 Å². The fourth-order valence-electron chi connectivity index (χ4n) is 1.87. The first-order valence-electron chi connectivity index (χ1n) is 5.99. The minimum atomic E-state index is 0.00621. The average molecular weight is 266 g/mol. The van der Waals surface area contributed by atoms with Gasteiger partial charge < -0.3 is 10.6 Å². The summed E-state index contributed by atoms with van der Waals surface area (Å²) in [6, 6.07) is 1.93. The lowest BCUT2D eigenvalue weighted by Gasteiger charge is -2.02. The van der Waals surface area contributed by atoms with Crippen LogP contribution in [0.1, 0.15) is 21.8 Å². The Morgan fingerprint density at radius 1 is 1.50 bits per heavy atom. The van der Waals surface area contributed by atoms with E-state index in [1.165, 1.54) is 11.3 Å². The van der Waals surface area contributed by atoms with Gasteiger partial charge in [-0.05, 0) is 33.0 Å². The first kappa shape index (κ1) is 13.0. The molecule has 0 aromatic carbocycles. The molecule has 6 heteroatoms. The quantitative estimate of drug-likeness (QED) is 0.802. The summed E-state index contributed by atoms with van der Waals surface area (Å²) in [5.74, 6) is 0.00621. The third-order valence-corrected chi connectivity index (χ3v) is 4.01. The summed E-state index contributed by atoms with van der Waals surface area (Å²) in [6.45, 7) is 3.57. The Kier molecular flexibility index (Phi) is 3.98. The van der Waals surface area contributed by atoms with Crippen molar-refractivity contribution < 1.29 is 4.79 Å². The second kappa shape index (κ2) is 5.49. The van der Waals surface area contributed by atoms with Gasteiger partial charge in [0.1, 0.15) is 4.83 Å². The molecule has 0 bridgehead atoms. The zero-order chi connectivity index (χ0) is 13.1. The van der Waals surface area contributed by atoms with E-state index >= 15 is 0 Å². The normalized spacial score (nSPS) is 11.1. The van der Waals surface area contributed by atoms with Gasteiger partial charge in [0.25, 0.3) is 5.91 Å². The lowest BCUT2D eigenvalue weighted by Crippen LogP contribution is -2.25. The summed E-state index contributed by atoms with van der Waals surface area (Å²) in [6.07, 6.45) is 0.938. The first-order valence-corrected chi connectivity index (χ1v) is 6.81.